The van der Waals surface area contributed by atoms with E-state index in [1.807, 2.05) is 0 Å². The van der Waals surface area contributed by atoms with Crippen molar-refractivity contribution in [2.24, 2.45) is 0 Å². The molecule has 10 nitrogen and oxygen atoms in total. The van der Waals surface area contributed by atoms with Gasteiger partial charge in [0.2, 0.25) is 0 Å². The zero-order valence-electron chi connectivity index (χ0n) is 14.2. The number of rotatable bonds is 6. The molecule has 0 aliphatic heterocycles. The first-order valence-electron chi connectivity index (χ1n) is 7.67. The number of benzene rings is 2. The van der Waals surface area contributed by atoms with Crippen LogP contribution in [0.25, 0.3) is 0 Å². The van der Waals surface area contributed by atoms with Gasteiger partial charge >= 0.3 is 11.9 Å². The number of hydrogen-bond acceptors (Lipinski definition) is 8. The Balaban J connectivity index is 1.75. The van der Waals surface area contributed by atoms with Crippen LogP contribution in [0.15, 0.2) is 48.5 Å². The summed E-state index contributed by atoms with van der Waals surface area (Å²) in [6, 6.07) is 9.78. The Morgan fingerprint density at radius 3 is 1.32 bits per heavy atom. The molecule has 0 saturated carbocycles. The molecule has 2 rings (SSSR count). The smallest absolute Gasteiger partial charge is 0.339 e. The van der Waals surface area contributed by atoms with Crippen molar-refractivity contribution in [3.63, 3.8) is 0 Å². The van der Waals surface area contributed by atoms with E-state index in [4.69, 9.17) is 9.47 Å². The Morgan fingerprint density at radius 1 is 0.714 bits per heavy atom. The molecule has 0 heterocycles. The summed E-state index contributed by atoms with van der Waals surface area (Å²) < 4.78 is 9.74. The molecule has 0 radical (unpaired) electrons. The first-order valence-corrected chi connectivity index (χ1v) is 7.67. The maximum atomic E-state index is 11.7. The predicted molar refractivity (Wildman–Crippen MR) is 94.5 cm³/mol. The minimum Gasteiger partial charge on any atom is -0.449 e. The molecule has 0 aromatic heterocycles. The van der Waals surface area contributed by atoms with Gasteiger partial charge in [-0.15, -0.1) is 0 Å². The average molecular weight is 384 g/mol. The maximum absolute atomic E-state index is 11.7. The molecule has 2 aromatic carbocycles. The van der Waals surface area contributed by atoms with E-state index < -0.39 is 21.8 Å². The lowest BCUT2D eigenvalue weighted by molar-refractivity contribution is -0.385. The molecule has 0 saturated heterocycles. The Bertz CT molecular complexity index is 878. The van der Waals surface area contributed by atoms with Crippen molar-refractivity contribution in [2.45, 2.75) is 0 Å². The molecular formula is C18H12N2O8. The van der Waals surface area contributed by atoms with E-state index in [2.05, 4.69) is 11.8 Å². The first-order chi connectivity index (χ1) is 13.4. The molecule has 0 spiro atoms. The second-order valence-corrected chi connectivity index (χ2v) is 5.11. The molecule has 0 amide bonds. The molecule has 2 aromatic rings. The Hall–Kier alpha value is -4.26. The maximum Gasteiger partial charge on any atom is 0.339 e. The van der Waals surface area contributed by atoms with Gasteiger partial charge in [-0.1, -0.05) is 11.8 Å². The third-order valence-electron chi connectivity index (χ3n) is 3.30. The van der Waals surface area contributed by atoms with E-state index in [1.165, 1.54) is 48.5 Å². The zero-order valence-corrected chi connectivity index (χ0v) is 14.2. The second kappa shape index (κ2) is 9.44. The summed E-state index contributed by atoms with van der Waals surface area (Å²) in [5.41, 5.74) is -0.0219. The number of ether oxygens (including phenoxy) is 2. The SMILES string of the molecule is O=C(OCC#CCOC(=O)c1ccc([N+](=O)[O-])cc1)c1ccc([N+](=O)[O-])cc1. The van der Waals surface area contributed by atoms with Crippen LogP contribution in [0.4, 0.5) is 11.4 Å². The molecule has 142 valence electrons. The van der Waals surface area contributed by atoms with Gasteiger partial charge in [0, 0.05) is 24.3 Å². The molecule has 0 bridgehead atoms. The molecule has 0 unspecified atom stereocenters. The number of nitro benzene ring substituents is 2. The van der Waals surface area contributed by atoms with Crippen molar-refractivity contribution < 1.29 is 28.9 Å². The number of nitrogens with zero attached hydrogens (tertiary/aromatic N) is 2. The Labute approximate surface area is 158 Å². The van der Waals surface area contributed by atoms with E-state index in [1.54, 1.807) is 0 Å². The fourth-order valence-corrected chi connectivity index (χ4v) is 1.91. The lowest BCUT2D eigenvalue weighted by Gasteiger charge is -2.01. The lowest BCUT2D eigenvalue weighted by atomic mass is 10.2. The summed E-state index contributed by atoms with van der Waals surface area (Å²) in [7, 11) is 0. The zero-order chi connectivity index (χ0) is 20.5. The van der Waals surface area contributed by atoms with Crippen LogP contribution in [-0.2, 0) is 9.47 Å². The quantitative estimate of drug-likeness (QED) is 0.320. The minimum atomic E-state index is -0.702. The van der Waals surface area contributed by atoms with Crippen LogP contribution < -0.4 is 0 Å². The van der Waals surface area contributed by atoms with Gasteiger partial charge in [-0.2, -0.15) is 0 Å². The van der Waals surface area contributed by atoms with Gasteiger partial charge in [-0.3, -0.25) is 20.2 Å². The molecule has 0 fully saturated rings. The van der Waals surface area contributed by atoms with Gasteiger partial charge in [0.25, 0.3) is 11.4 Å². The number of non-ortho nitro benzene ring substituents is 2. The predicted octanol–water partition coefficient (Wildman–Crippen LogP) is 2.52. The number of hydrogen-bond donors (Lipinski definition) is 0. The molecular weight excluding hydrogens is 372 g/mol. The van der Waals surface area contributed by atoms with Crippen molar-refractivity contribution in [1.29, 1.82) is 0 Å². The highest BCUT2D eigenvalue weighted by Gasteiger charge is 2.11. The van der Waals surface area contributed by atoms with Gasteiger partial charge < -0.3 is 9.47 Å². The van der Waals surface area contributed by atoms with E-state index >= 15 is 0 Å². The third-order valence-corrected chi connectivity index (χ3v) is 3.30. The number of esters is 2. The van der Waals surface area contributed by atoms with E-state index in [9.17, 15) is 29.8 Å². The van der Waals surface area contributed by atoms with Gasteiger partial charge in [0.05, 0.1) is 21.0 Å². The van der Waals surface area contributed by atoms with Crippen molar-refractivity contribution in [1.82, 2.24) is 0 Å². The summed E-state index contributed by atoms with van der Waals surface area (Å²) in [4.78, 5) is 43.4. The van der Waals surface area contributed by atoms with Gasteiger partial charge in [0.15, 0.2) is 13.2 Å². The summed E-state index contributed by atoms with van der Waals surface area (Å²) in [5.74, 6) is 3.55. The molecule has 0 aliphatic rings. The monoisotopic (exact) mass is 384 g/mol. The van der Waals surface area contributed by atoms with Crippen LogP contribution >= 0.6 is 0 Å². The highest BCUT2D eigenvalue weighted by molar-refractivity contribution is 5.90. The summed E-state index contributed by atoms with van der Waals surface area (Å²) in [6.45, 7) is -0.518. The number of carbonyl (C=O) groups is 2. The fraction of sp³-hybridized carbons (Fsp3) is 0.111. The van der Waals surface area contributed by atoms with Gasteiger partial charge in [-0.25, -0.2) is 9.59 Å². The highest BCUT2D eigenvalue weighted by atomic mass is 16.6. The van der Waals surface area contributed by atoms with Crippen molar-refractivity contribution >= 4 is 23.3 Å². The molecule has 10 heteroatoms. The van der Waals surface area contributed by atoms with E-state index in [0.29, 0.717) is 0 Å². The second-order valence-electron chi connectivity index (χ2n) is 5.11. The van der Waals surface area contributed by atoms with Gasteiger partial charge in [-0.05, 0) is 24.3 Å². The van der Waals surface area contributed by atoms with Gasteiger partial charge in [0.1, 0.15) is 0 Å². The van der Waals surface area contributed by atoms with Crippen molar-refractivity contribution in [2.75, 3.05) is 13.2 Å². The fourth-order valence-electron chi connectivity index (χ4n) is 1.91. The lowest BCUT2D eigenvalue weighted by Crippen LogP contribution is -2.07. The van der Waals surface area contributed by atoms with E-state index in [0.717, 1.165) is 0 Å². The molecule has 28 heavy (non-hydrogen) atoms. The van der Waals surface area contributed by atoms with Crippen LogP contribution in [0.5, 0.6) is 0 Å². The highest BCUT2D eigenvalue weighted by Crippen LogP contribution is 2.13. The van der Waals surface area contributed by atoms with Crippen LogP contribution in [0, 0.1) is 32.1 Å². The Kier molecular flexibility index (Phi) is 6.76. The standard InChI is InChI=1S/C18H12N2O8/c21-17(13-3-7-15(8-4-13)19(23)24)27-11-1-2-12-28-18(22)14-5-9-16(10-6-14)20(25)26/h3-10H,11-12H2. The molecule has 0 aliphatic carbocycles. The van der Waals surface area contributed by atoms with Crippen molar-refractivity contribution in [3.05, 3.63) is 79.9 Å². The normalized spacial score (nSPS) is 9.57. The largest absolute Gasteiger partial charge is 0.449 e. The number of carbonyl (C=O) groups excluding carboxylic acids is 2. The van der Waals surface area contributed by atoms with Crippen LogP contribution in [0.2, 0.25) is 0 Å². The number of nitro groups is 2. The third kappa shape index (κ3) is 5.63. The summed E-state index contributed by atoms with van der Waals surface area (Å²) in [5, 5.41) is 21.1. The van der Waals surface area contributed by atoms with E-state index in [-0.39, 0.29) is 35.7 Å². The van der Waals surface area contributed by atoms with Crippen LogP contribution in [-0.4, -0.2) is 35.0 Å². The Morgan fingerprint density at radius 2 is 1.04 bits per heavy atom. The van der Waals surface area contributed by atoms with Crippen LogP contribution in [0.1, 0.15) is 20.7 Å². The van der Waals surface area contributed by atoms with Crippen molar-refractivity contribution in [3.8, 4) is 11.8 Å². The molecule has 0 N–H and O–H groups in total. The van der Waals surface area contributed by atoms with Crippen LogP contribution in [0.3, 0.4) is 0 Å². The minimum absolute atomic E-state index is 0.136. The average Bonchev–Trinajstić information content (AvgIpc) is 2.70. The topological polar surface area (TPSA) is 139 Å². The summed E-state index contributed by atoms with van der Waals surface area (Å²) >= 11 is 0. The summed E-state index contributed by atoms with van der Waals surface area (Å²) in [6.07, 6.45) is 0. The first kappa shape index (κ1) is 20.1. The molecule has 0 atom stereocenters.